The Kier molecular flexibility index (Phi) is 5.72. The van der Waals surface area contributed by atoms with E-state index in [2.05, 4.69) is 10.9 Å². The molecule has 2 aromatic rings. The van der Waals surface area contributed by atoms with Crippen LogP contribution in [0.5, 0.6) is 0 Å². The van der Waals surface area contributed by atoms with Crippen molar-refractivity contribution in [3.8, 4) is 0 Å². The molecule has 2 amide bonds. The molecule has 0 radical (unpaired) electrons. The Bertz CT molecular complexity index is 875. The molecule has 0 unspecified atom stereocenters. The third kappa shape index (κ3) is 4.96. The number of nitrogens with one attached hydrogen (secondary N) is 2. The number of non-ortho nitro benzene ring substituents is 2. The van der Waals surface area contributed by atoms with Gasteiger partial charge in [0, 0.05) is 35.9 Å². The van der Waals surface area contributed by atoms with Gasteiger partial charge in [-0.3, -0.25) is 40.7 Å². The summed E-state index contributed by atoms with van der Waals surface area (Å²) in [5, 5.41) is 21.1. The molecule has 132 valence electrons. The van der Waals surface area contributed by atoms with Crippen molar-refractivity contribution in [2.24, 2.45) is 0 Å². The van der Waals surface area contributed by atoms with Gasteiger partial charge in [0.15, 0.2) is 0 Å². The molecule has 0 atom stereocenters. The molecule has 0 saturated heterocycles. The van der Waals surface area contributed by atoms with E-state index in [1.807, 2.05) is 0 Å². The number of rotatable bonds is 5. The second-order valence-corrected chi connectivity index (χ2v) is 4.93. The lowest BCUT2D eigenvalue weighted by atomic mass is 10.2. The molecule has 0 heterocycles. The van der Waals surface area contributed by atoms with Crippen LogP contribution < -0.4 is 10.9 Å². The zero-order chi connectivity index (χ0) is 19.1. The summed E-state index contributed by atoms with van der Waals surface area (Å²) < 4.78 is 0. The van der Waals surface area contributed by atoms with Gasteiger partial charge in [0.05, 0.1) is 9.85 Å². The molecule has 0 saturated carbocycles. The molecule has 0 spiro atoms. The average Bonchev–Trinajstić information content (AvgIpc) is 2.64. The molecule has 0 fully saturated rings. The van der Waals surface area contributed by atoms with Crippen LogP contribution in [0.1, 0.15) is 15.9 Å². The Labute approximate surface area is 146 Å². The van der Waals surface area contributed by atoms with Crippen molar-refractivity contribution in [1.29, 1.82) is 0 Å². The van der Waals surface area contributed by atoms with E-state index in [1.165, 1.54) is 54.6 Å². The number of benzene rings is 2. The van der Waals surface area contributed by atoms with E-state index in [1.54, 1.807) is 0 Å². The lowest BCUT2D eigenvalue weighted by Gasteiger charge is -2.05. The highest BCUT2D eigenvalue weighted by atomic mass is 16.6. The van der Waals surface area contributed by atoms with Crippen molar-refractivity contribution < 1.29 is 19.4 Å². The fourth-order valence-corrected chi connectivity index (χ4v) is 1.85. The summed E-state index contributed by atoms with van der Waals surface area (Å²) in [6.07, 6.45) is 2.55. The highest BCUT2D eigenvalue weighted by molar-refractivity contribution is 5.98. The summed E-state index contributed by atoms with van der Waals surface area (Å²) in [6.45, 7) is 0. The molecule has 0 aliphatic rings. The normalized spacial score (nSPS) is 10.3. The minimum atomic E-state index is -0.642. The van der Waals surface area contributed by atoms with E-state index in [9.17, 15) is 29.8 Å². The highest BCUT2D eigenvalue weighted by Gasteiger charge is 2.09. The average molecular weight is 356 g/mol. The predicted octanol–water partition coefficient (Wildman–Crippen LogP) is 1.98. The smallest absolute Gasteiger partial charge is 0.268 e. The van der Waals surface area contributed by atoms with Gasteiger partial charge in [-0.15, -0.1) is 0 Å². The highest BCUT2D eigenvalue weighted by Crippen LogP contribution is 2.13. The molecule has 0 aliphatic carbocycles. The van der Waals surface area contributed by atoms with E-state index >= 15 is 0 Å². The third-order valence-corrected chi connectivity index (χ3v) is 3.17. The summed E-state index contributed by atoms with van der Waals surface area (Å²) in [5.41, 5.74) is 4.78. The minimum absolute atomic E-state index is 0.0676. The largest absolute Gasteiger partial charge is 0.269 e. The van der Waals surface area contributed by atoms with Gasteiger partial charge in [-0.2, -0.15) is 0 Å². The van der Waals surface area contributed by atoms with Crippen LogP contribution in [0.4, 0.5) is 11.4 Å². The topological polar surface area (TPSA) is 144 Å². The summed E-state index contributed by atoms with van der Waals surface area (Å²) >= 11 is 0. The van der Waals surface area contributed by atoms with E-state index in [4.69, 9.17) is 0 Å². The number of amides is 2. The van der Waals surface area contributed by atoms with Crippen LogP contribution in [-0.2, 0) is 4.79 Å². The number of nitro benzene ring substituents is 2. The van der Waals surface area contributed by atoms with Crippen molar-refractivity contribution in [3.63, 3.8) is 0 Å². The molecule has 10 heteroatoms. The molecule has 2 rings (SSSR count). The number of hydrogen-bond acceptors (Lipinski definition) is 6. The first-order chi connectivity index (χ1) is 12.4. The summed E-state index contributed by atoms with van der Waals surface area (Å²) in [6, 6.07) is 10.4. The first-order valence-corrected chi connectivity index (χ1v) is 7.14. The van der Waals surface area contributed by atoms with Gasteiger partial charge in [-0.25, -0.2) is 0 Å². The predicted molar refractivity (Wildman–Crippen MR) is 90.8 cm³/mol. The molecule has 2 N–H and O–H groups in total. The van der Waals surface area contributed by atoms with Crippen LogP contribution in [-0.4, -0.2) is 21.7 Å². The van der Waals surface area contributed by atoms with Crippen molar-refractivity contribution in [2.75, 3.05) is 0 Å². The van der Waals surface area contributed by atoms with Gasteiger partial charge in [-0.05, 0) is 35.9 Å². The maximum absolute atomic E-state index is 11.8. The summed E-state index contributed by atoms with van der Waals surface area (Å²) in [7, 11) is 0. The SMILES string of the molecule is O=C(/C=C/c1ccc([N+](=O)[O-])cc1)NNC(=O)c1ccc([N+](=O)[O-])cc1. The number of nitro groups is 2. The van der Waals surface area contributed by atoms with Crippen LogP contribution in [0.15, 0.2) is 54.6 Å². The van der Waals surface area contributed by atoms with Gasteiger partial charge in [0.25, 0.3) is 23.2 Å². The van der Waals surface area contributed by atoms with Crippen molar-refractivity contribution in [1.82, 2.24) is 10.9 Å². The zero-order valence-electron chi connectivity index (χ0n) is 13.1. The zero-order valence-corrected chi connectivity index (χ0v) is 13.1. The van der Waals surface area contributed by atoms with Crippen molar-refractivity contribution in [2.45, 2.75) is 0 Å². The fourth-order valence-electron chi connectivity index (χ4n) is 1.85. The second kappa shape index (κ2) is 8.15. The van der Waals surface area contributed by atoms with Crippen LogP contribution >= 0.6 is 0 Å². The molecule has 10 nitrogen and oxygen atoms in total. The molecule has 26 heavy (non-hydrogen) atoms. The van der Waals surface area contributed by atoms with E-state index in [0.29, 0.717) is 5.56 Å². The monoisotopic (exact) mass is 356 g/mol. The quantitative estimate of drug-likeness (QED) is 0.476. The number of nitrogens with zero attached hydrogens (tertiary/aromatic N) is 2. The number of hydrazine groups is 1. The number of carbonyl (C=O) groups is 2. The fraction of sp³-hybridized carbons (Fsp3) is 0. The second-order valence-electron chi connectivity index (χ2n) is 4.93. The van der Waals surface area contributed by atoms with Gasteiger partial charge < -0.3 is 0 Å². The molecular formula is C16H12N4O6. The molecule has 2 aromatic carbocycles. The first kappa shape index (κ1) is 18.3. The van der Waals surface area contributed by atoms with E-state index in [-0.39, 0.29) is 16.9 Å². The van der Waals surface area contributed by atoms with Crippen molar-refractivity contribution >= 4 is 29.3 Å². The van der Waals surface area contributed by atoms with E-state index < -0.39 is 21.7 Å². The molecule has 0 aliphatic heterocycles. The molecular weight excluding hydrogens is 344 g/mol. The first-order valence-electron chi connectivity index (χ1n) is 7.14. The Morgan fingerprint density at radius 2 is 1.31 bits per heavy atom. The van der Waals surface area contributed by atoms with Crippen LogP contribution in [0, 0.1) is 20.2 Å². The van der Waals surface area contributed by atoms with Crippen LogP contribution in [0.25, 0.3) is 6.08 Å². The Balaban J connectivity index is 1.88. The van der Waals surface area contributed by atoms with Gasteiger partial charge in [-0.1, -0.05) is 0 Å². The number of hydrogen-bond donors (Lipinski definition) is 2. The minimum Gasteiger partial charge on any atom is -0.268 e. The number of carbonyl (C=O) groups excluding carboxylic acids is 2. The maximum Gasteiger partial charge on any atom is 0.269 e. The van der Waals surface area contributed by atoms with Crippen LogP contribution in [0.2, 0.25) is 0 Å². The van der Waals surface area contributed by atoms with Crippen molar-refractivity contribution in [3.05, 3.63) is 86.0 Å². The summed E-state index contributed by atoms with van der Waals surface area (Å²) in [4.78, 5) is 43.4. The van der Waals surface area contributed by atoms with Gasteiger partial charge >= 0.3 is 0 Å². The molecule has 0 bridgehead atoms. The van der Waals surface area contributed by atoms with E-state index in [0.717, 1.165) is 6.08 Å². The maximum atomic E-state index is 11.8. The Morgan fingerprint density at radius 1 is 0.808 bits per heavy atom. The summed E-state index contributed by atoms with van der Waals surface area (Å²) in [5.74, 6) is -1.27. The lowest BCUT2D eigenvalue weighted by molar-refractivity contribution is -0.385. The molecule has 0 aromatic heterocycles. The Hall–Kier alpha value is -4.08. The third-order valence-electron chi connectivity index (χ3n) is 3.17. The Morgan fingerprint density at radius 3 is 1.81 bits per heavy atom. The lowest BCUT2D eigenvalue weighted by Crippen LogP contribution is -2.40. The standard InChI is InChI=1S/C16H12N4O6/c21-15(10-3-11-1-6-13(7-2-11)19(23)24)17-18-16(22)12-4-8-14(9-5-12)20(25)26/h1-10H,(H,17,21)(H,18,22)/b10-3+. The van der Waals surface area contributed by atoms with Gasteiger partial charge in [0.2, 0.25) is 0 Å². The van der Waals surface area contributed by atoms with Gasteiger partial charge in [0.1, 0.15) is 0 Å². The van der Waals surface area contributed by atoms with Crippen LogP contribution in [0.3, 0.4) is 0 Å².